The number of rotatable bonds is 10. The van der Waals surface area contributed by atoms with Crippen molar-refractivity contribution in [2.24, 2.45) is 5.73 Å². The molecule has 0 aliphatic heterocycles. The van der Waals surface area contributed by atoms with Crippen molar-refractivity contribution in [2.75, 3.05) is 6.54 Å². The van der Waals surface area contributed by atoms with Gasteiger partial charge in [-0.2, -0.15) is 0 Å². The van der Waals surface area contributed by atoms with Crippen LogP contribution in [0.15, 0.2) is 24.3 Å². The molecule has 3 heteroatoms. The molecule has 120 valence electrons. The Morgan fingerprint density at radius 2 is 1.81 bits per heavy atom. The van der Waals surface area contributed by atoms with Crippen LogP contribution in [-0.2, 0) is 6.42 Å². The van der Waals surface area contributed by atoms with E-state index in [-0.39, 0.29) is 0 Å². The van der Waals surface area contributed by atoms with Gasteiger partial charge in [0.05, 0.1) is 11.7 Å². The van der Waals surface area contributed by atoms with E-state index in [9.17, 15) is 10.2 Å². The van der Waals surface area contributed by atoms with Crippen molar-refractivity contribution in [3.05, 3.63) is 35.4 Å². The lowest BCUT2D eigenvalue weighted by Crippen LogP contribution is -2.28. The summed E-state index contributed by atoms with van der Waals surface area (Å²) in [6.45, 7) is 4.72. The molecule has 1 rings (SSSR count). The maximum absolute atomic E-state index is 10.7. The Kier molecular flexibility index (Phi) is 7.94. The van der Waals surface area contributed by atoms with Crippen LogP contribution in [0, 0.1) is 0 Å². The second kappa shape index (κ2) is 9.19. The van der Waals surface area contributed by atoms with Gasteiger partial charge in [-0.1, -0.05) is 51.0 Å². The monoisotopic (exact) mass is 293 g/mol. The van der Waals surface area contributed by atoms with Gasteiger partial charge < -0.3 is 15.9 Å². The van der Waals surface area contributed by atoms with Crippen LogP contribution >= 0.6 is 0 Å². The van der Waals surface area contributed by atoms with Gasteiger partial charge in [0.2, 0.25) is 0 Å². The summed E-state index contributed by atoms with van der Waals surface area (Å²) in [5.41, 5.74) is 7.05. The summed E-state index contributed by atoms with van der Waals surface area (Å²) in [5, 5.41) is 20.7. The minimum Gasteiger partial charge on any atom is -0.390 e. The van der Waals surface area contributed by atoms with Gasteiger partial charge >= 0.3 is 0 Å². The minimum absolute atomic E-state index is 0.484. The lowest BCUT2D eigenvalue weighted by Gasteiger charge is -2.27. The Morgan fingerprint density at radius 3 is 2.38 bits per heavy atom. The fraction of sp³-hybridized carbons (Fsp3) is 0.667. The Bertz CT molecular complexity index is 400. The van der Waals surface area contributed by atoms with E-state index < -0.39 is 11.7 Å². The van der Waals surface area contributed by atoms with Crippen LogP contribution < -0.4 is 5.73 Å². The summed E-state index contributed by atoms with van der Waals surface area (Å²) in [6, 6.07) is 8.02. The molecule has 0 aliphatic rings. The largest absolute Gasteiger partial charge is 0.390 e. The topological polar surface area (TPSA) is 66.5 Å². The molecular weight excluding hydrogens is 262 g/mol. The van der Waals surface area contributed by atoms with Gasteiger partial charge in [0.15, 0.2) is 0 Å². The van der Waals surface area contributed by atoms with Crippen molar-refractivity contribution in [3.8, 4) is 0 Å². The summed E-state index contributed by atoms with van der Waals surface area (Å²) in [6.07, 6.45) is 5.45. The van der Waals surface area contributed by atoms with Crippen LogP contribution in [0.3, 0.4) is 0 Å². The molecule has 0 spiro atoms. The molecule has 1 atom stereocenters. The smallest absolute Gasteiger partial charge is 0.0802 e. The molecule has 0 aromatic heterocycles. The Labute approximate surface area is 129 Å². The van der Waals surface area contributed by atoms with Gasteiger partial charge in [-0.25, -0.2) is 0 Å². The molecule has 4 N–H and O–H groups in total. The highest BCUT2D eigenvalue weighted by atomic mass is 16.3. The molecule has 0 unspecified atom stereocenters. The normalized spacial score (nSPS) is 13.4. The van der Waals surface area contributed by atoms with Crippen molar-refractivity contribution in [1.82, 2.24) is 0 Å². The number of hydrogen-bond donors (Lipinski definition) is 3. The zero-order valence-electron chi connectivity index (χ0n) is 13.5. The van der Waals surface area contributed by atoms with Crippen LogP contribution in [0.5, 0.6) is 0 Å². The molecular formula is C18H31NO2. The van der Waals surface area contributed by atoms with Gasteiger partial charge in [0.1, 0.15) is 0 Å². The first-order valence-electron chi connectivity index (χ1n) is 8.24. The van der Waals surface area contributed by atoms with Crippen molar-refractivity contribution < 1.29 is 10.2 Å². The van der Waals surface area contributed by atoms with Gasteiger partial charge in [0.25, 0.3) is 0 Å². The van der Waals surface area contributed by atoms with Gasteiger partial charge in [-0.05, 0) is 49.8 Å². The Morgan fingerprint density at radius 1 is 1.14 bits per heavy atom. The number of aliphatic hydroxyl groups excluding tert-OH is 1. The zero-order chi connectivity index (χ0) is 15.7. The summed E-state index contributed by atoms with van der Waals surface area (Å²) >= 11 is 0. The van der Waals surface area contributed by atoms with Crippen LogP contribution in [0.4, 0.5) is 0 Å². The molecule has 0 fully saturated rings. The third kappa shape index (κ3) is 6.16. The number of nitrogens with two attached hydrogens (primary N) is 1. The summed E-state index contributed by atoms with van der Waals surface area (Å²) in [5.74, 6) is 0. The molecule has 1 aromatic rings. The SMILES string of the molecule is CCCC(O)(CCC)CCc1cccc([C@H](O)CCN)c1. The molecule has 3 nitrogen and oxygen atoms in total. The number of aryl methyl sites for hydroxylation is 1. The molecule has 0 radical (unpaired) electrons. The predicted octanol–water partition coefficient (Wildman–Crippen LogP) is 3.33. The zero-order valence-corrected chi connectivity index (χ0v) is 13.5. The Balaban J connectivity index is 2.67. The minimum atomic E-state index is -0.546. The maximum Gasteiger partial charge on any atom is 0.0802 e. The molecule has 0 amide bonds. The predicted molar refractivity (Wildman–Crippen MR) is 88.2 cm³/mol. The van der Waals surface area contributed by atoms with E-state index in [1.807, 2.05) is 18.2 Å². The molecule has 0 saturated carbocycles. The average molecular weight is 293 g/mol. The standard InChI is InChI=1S/C18H31NO2/c1-3-10-18(21,11-4-2)12-8-15-6-5-7-16(14-15)17(20)9-13-19/h5-7,14,17,20-21H,3-4,8-13,19H2,1-2H3/t17-/m1/s1. The van der Waals surface area contributed by atoms with Crippen LogP contribution in [0.25, 0.3) is 0 Å². The van der Waals surface area contributed by atoms with E-state index in [1.165, 1.54) is 5.56 Å². The van der Waals surface area contributed by atoms with E-state index in [4.69, 9.17) is 5.73 Å². The number of benzene rings is 1. The third-order valence-electron chi connectivity index (χ3n) is 4.09. The van der Waals surface area contributed by atoms with Gasteiger partial charge in [-0.15, -0.1) is 0 Å². The van der Waals surface area contributed by atoms with Crippen molar-refractivity contribution in [1.29, 1.82) is 0 Å². The van der Waals surface area contributed by atoms with E-state index in [1.54, 1.807) is 0 Å². The van der Waals surface area contributed by atoms with Crippen LogP contribution in [0.1, 0.15) is 69.6 Å². The molecule has 1 aromatic carbocycles. The second-order valence-electron chi connectivity index (χ2n) is 6.06. The fourth-order valence-electron chi connectivity index (χ4n) is 2.96. The lowest BCUT2D eigenvalue weighted by molar-refractivity contribution is 0.0132. The van der Waals surface area contributed by atoms with E-state index in [0.29, 0.717) is 13.0 Å². The molecule has 21 heavy (non-hydrogen) atoms. The number of hydrogen-bond acceptors (Lipinski definition) is 3. The second-order valence-corrected chi connectivity index (χ2v) is 6.06. The lowest BCUT2D eigenvalue weighted by atomic mass is 9.86. The average Bonchev–Trinajstić information content (AvgIpc) is 2.46. The molecule has 0 saturated heterocycles. The number of aliphatic hydroxyl groups is 2. The fourth-order valence-corrected chi connectivity index (χ4v) is 2.96. The summed E-state index contributed by atoms with van der Waals surface area (Å²) in [7, 11) is 0. The van der Waals surface area contributed by atoms with E-state index in [0.717, 1.165) is 44.1 Å². The quantitative estimate of drug-likeness (QED) is 0.620. The van der Waals surface area contributed by atoms with Crippen molar-refractivity contribution in [3.63, 3.8) is 0 Å². The van der Waals surface area contributed by atoms with Crippen LogP contribution in [0.2, 0.25) is 0 Å². The van der Waals surface area contributed by atoms with Crippen molar-refractivity contribution >= 4 is 0 Å². The highest BCUT2D eigenvalue weighted by molar-refractivity contribution is 5.25. The molecule has 0 bridgehead atoms. The highest BCUT2D eigenvalue weighted by Gasteiger charge is 2.24. The summed E-state index contributed by atoms with van der Waals surface area (Å²) in [4.78, 5) is 0. The first-order valence-corrected chi connectivity index (χ1v) is 8.24. The van der Waals surface area contributed by atoms with Gasteiger partial charge in [0, 0.05) is 0 Å². The molecule has 0 aliphatic carbocycles. The first kappa shape index (κ1) is 18.1. The summed E-state index contributed by atoms with van der Waals surface area (Å²) < 4.78 is 0. The maximum atomic E-state index is 10.7. The van der Waals surface area contributed by atoms with Crippen molar-refractivity contribution in [2.45, 2.75) is 70.5 Å². The Hall–Kier alpha value is -0.900. The highest BCUT2D eigenvalue weighted by Crippen LogP contribution is 2.26. The van der Waals surface area contributed by atoms with Gasteiger partial charge in [-0.3, -0.25) is 0 Å². The van der Waals surface area contributed by atoms with Crippen LogP contribution in [-0.4, -0.2) is 22.4 Å². The third-order valence-corrected chi connectivity index (χ3v) is 4.09. The molecule has 0 heterocycles. The first-order chi connectivity index (χ1) is 10.0. The van der Waals surface area contributed by atoms with E-state index in [2.05, 4.69) is 19.9 Å². The van der Waals surface area contributed by atoms with E-state index >= 15 is 0 Å².